The van der Waals surface area contributed by atoms with Crippen molar-refractivity contribution in [2.75, 3.05) is 13.1 Å². The number of hydrogen-bond acceptors (Lipinski definition) is 3. The molecule has 0 saturated heterocycles. The summed E-state index contributed by atoms with van der Waals surface area (Å²) in [4.78, 5) is 6.22. The van der Waals surface area contributed by atoms with Gasteiger partial charge in [-0.1, -0.05) is 43.7 Å². The van der Waals surface area contributed by atoms with E-state index in [-0.39, 0.29) is 18.6 Å². The highest BCUT2D eigenvalue weighted by Gasteiger charge is 2.57. The van der Waals surface area contributed by atoms with E-state index >= 15 is 0 Å². The summed E-state index contributed by atoms with van der Waals surface area (Å²) < 4.78 is 0. The predicted molar refractivity (Wildman–Crippen MR) is 103 cm³/mol. The number of aliphatic hydroxyl groups excluding tert-OH is 1. The number of aliphatic hydroxyl groups is 1. The Labute approximate surface area is 152 Å². The van der Waals surface area contributed by atoms with E-state index in [1.165, 1.54) is 25.7 Å². The Morgan fingerprint density at radius 3 is 2.58 bits per heavy atom. The largest absolute Gasteiger partial charge is 0.374 e. The minimum Gasteiger partial charge on any atom is -0.374 e. The van der Waals surface area contributed by atoms with E-state index in [1.807, 2.05) is 18.7 Å². The summed E-state index contributed by atoms with van der Waals surface area (Å²) in [6.07, 6.45) is 7.35. The number of rotatable bonds is 3. The molecule has 1 aliphatic heterocycles. The molecule has 2 fully saturated rings. The van der Waals surface area contributed by atoms with E-state index in [9.17, 15) is 5.11 Å². The second-order valence-corrected chi connectivity index (χ2v) is 7.18. The molecule has 3 unspecified atom stereocenters. The smallest absolute Gasteiger partial charge is 0.127 e. The lowest BCUT2D eigenvalue weighted by Crippen LogP contribution is -2.41. The highest BCUT2D eigenvalue weighted by molar-refractivity contribution is 5.85. The number of aliphatic imine (C=N–C) groups is 1. The summed E-state index contributed by atoms with van der Waals surface area (Å²) in [5, 5.41) is 9.50. The third kappa shape index (κ3) is 3.94. The normalized spacial score (nSPS) is 28.7. The highest BCUT2D eigenvalue weighted by atomic mass is 35.5. The van der Waals surface area contributed by atoms with Gasteiger partial charge in [0, 0.05) is 13.1 Å². The molecule has 0 bridgehead atoms. The van der Waals surface area contributed by atoms with Gasteiger partial charge in [0.15, 0.2) is 0 Å². The Kier molecular flexibility index (Phi) is 6.70. The molecule has 1 aromatic rings. The summed E-state index contributed by atoms with van der Waals surface area (Å²) in [5.41, 5.74) is 2.26. The van der Waals surface area contributed by atoms with Crippen LogP contribution in [0.2, 0.25) is 0 Å². The first kappa shape index (κ1) is 19.3. The van der Waals surface area contributed by atoms with Crippen molar-refractivity contribution < 1.29 is 5.11 Å². The molecule has 4 heteroatoms. The monoisotopic (exact) mass is 350 g/mol. The molecular weight excluding hydrogens is 320 g/mol. The fourth-order valence-corrected chi connectivity index (χ4v) is 4.32. The van der Waals surface area contributed by atoms with Crippen LogP contribution in [0.5, 0.6) is 0 Å². The van der Waals surface area contributed by atoms with Gasteiger partial charge in [-0.2, -0.15) is 0 Å². The van der Waals surface area contributed by atoms with Gasteiger partial charge in [0.2, 0.25) is 0 Å². The van der Waals surface area contributed by atoms with E-state index < -0.39 is 0 Å². The van der Waals surface area contributed by atoms with Crippen LogP contribution in [0.3, 0.4) is 0 Å². The van der Waals surface area contributed by atoms with E-state index in [2.05, 4.69) is 35.3 Å². The van der Waals surface area contributed by atoms with Crippen LogP contribution in [0.25, 0.3) is 0 Å². The van der Waals surface area contributed by atoms with Gasteiger partial charge in [0.25, 0.3) is 0 Å². The van der Waals surface area contributed by atoms with Crippen molar-refractivity contribution in [1.29, 1.82) is 0 Å². The van der Waals surface area contributed by atoms with Crippen LogP contribution in [0.1, 0.15) is 57.9 Å². The predicted octanol–water partition coefficient (Wildman–Crippen LogP) is 4.39. The molecule has 3 aliphatic rings. The van der Waals surface area contributed by atoms with Crippen LogP contribution in [-0.4, -0.2) is 35.2 Å². The average Bonchev–Trinajstić information content (AvgIpc) is 3.17. The van der Waals surface area contributed by atoms with Gasteiger partial charge in [-0.3, -0.25) is 4.99 Å². The van der Waals surface area contributed by atoms with Gasteiger partial charge >= 0.3 is 0 Å². The van der Waals surface area contributed by atoms with E-state index in [0.29, 0.717) is 5.41 Å². The van der Waals surface area contributed by atoms with E-state index in [1.54, 1.807) is 5.56 Å². The zero-order chi connectivity index (χ0) is 16.3. The second-order valence-electron chi connectivity index (χ2n) is 7.18. The summed E-state index contributed by atoms with van der Waals surface area (Å²) in [6, 6.07) is 11.1. The number of amidine groups is 1. The molecule has 0 aromatic heterocycles. The topological polar surface area (TPSA) is 35.8 Å². The van der Waals surface area contributed by atoms with Crippen LogP contribution in [0.15, 0.2) is 35.3 Å². The Hall–Kier alpha value is -1.06. The Balaban J connectivity index is 0.000000168. The second kappa shape index (κ2) is 8.35. The lowest BCUT2D eigenvalue weighted by Gasteiger charge is -2.31. The van der Waals surface area contributed by atoms with Crippen molar-refractivity contribution >= 4 is 18.2 Å². The third-order valence-electron chi connectivity index (χ3n) is 5.79. The first-order valence-electron chi connectivity index (χ1n) is 9.18. The third-order valence-corrected chi connectivity index (χ3v) is 5.79. The maximum absolute atomic E-state index is 9.50. The van der Waals surface area contributed by atoms with Gasteiger partial charge in [-0.05, 0) is 55.9 Å². The Morgan fingerprint density at radius 2 is 2.04 bits per heavy atom. The van der Waals surface area contributed by atoms with E-state index in [0.717, 1.165) is 37.7 Å². The molecule has 1 aromatic carbocycles. The van der Waals surface area contributed by atoms with Gasteiger partial charge in [-0.25, -0.2) is 0 Å². The van der Waals surface area contributed by atoms with Gasteiger partial charge in [0.05, 0.1) is 5.84 Å². The molecule has 1 N–H and O–H groups in total. The summed E-state index contributed by atoms with van der Waals surface area (Å²) in [6.45, 7) is 5.80. The molecular formula is C20H31ClN2O. The van der Waals surface area contributed by atoms with Crippen molar-refractivity contribution in [3.05, 3.63) is 35.9 Å². The Morgan fingerprint density at radius 1 is 1.29 bits per heavy atom. The summed E-state index contributed by atoms with van der Waals surface area (Å²) in [7, 11) is 0. The zero-order valence-corrected chi connectivity index (χ0v) is 15.8. The van der Waals surface area contributed by atoms with Gasteiger partial charge in [0.1, 0.15) is 6.23 Å². The van der Waals surface area contributed by atoms with Crippen LogP contribution >= 0.6 is 12.4 Å². The summed E-state index contributed by atoms with van der Waals surface area (Å²) >= 11 is 0. The lowest BCUT2D eigenvalue weighted by molar-refractivity contribution is 0.0465. The molecule has 2 aliphatic carbocycles. The van der Waals surface area contributed by atoms with Crippen molar-refractivity contribution in [1.82, 2.24) is 4.90 Å². The number of nitrogens with zero attached hydrogens (tertiary/aromatic N) is 2. The number of benzene rings is 1. The zero-order valence-electron chi connectivity index (χ0n) is 14.9. The highest BCUT2D eigenvalue weighted by Crippen LogP contribution is 2.64. The molecule has 3 nitrogen and oxygen atoms in total. The number of hydrogen-bond donors (Lipinski definition) is 1. The first-order valence-corrected chi connectivity index (χ1v) is 9.18. The SMILES string of the molecule is CCC(O)N1CCCN=C1C.Cl.c1ccc(C23CCCC2C3)cc1. The standard InChI is InChI=1S/C12H14.C8H16N2O.ClH/c1-2-5-10(6-3-1)12-8-4-7-11(12)9-12;1-3-8(11)10-6-4-5-9-7(10)2;/h1-3,5-6,11H,4,7-9H2;8,11H,3-6H2,1-2H3;1H. The average molecular weight is 351 g/mol. The van der Waals surface area contributed by atoms with Gasteiger partial charge in [-0.15, -0.1) is 12.4 Å². The summed E-state index contributed by atoms with van der Waals surface area (Å²) in [5.74, 6) is 2.02. The fourth-order valence-electron chi connectivity index (χ4n) is 4.32. The molecule has 0 spiro atoms. The van der Waals surface area contributed by atoms with Crippen LogP contribution in [0, 0.1) is 5.92 Å². The molecule has 24 heavy (non-hydrogen) atoms. The molecule has 134 valence electrons. The van der Waals surface area contributed by atoms with Crippen molar-refractivity contribution in [3.63, 3.8) is 0 Å². The molecule has 2 saturated carbocycles. The van der Waals surface area contributed by atoms with Crippen molar-refractivity contribution in [2.45, 2.75) is 64.0 Å². The Bertz CT molecular complexity index is 548. The molecule has 4 rings (SSSR count). The molecule has 1 heterocycles. The van der Waals surface area contributed by atoms with Gasteiger partial charge < -0.3 is 10.0 Å². The first-order chi connectivity index (χ1) is 11.2. The van der Waals surface area contributed by atoms with Crippen LogP contribution in [-0.2, 0) is 5.41 Å². The van der Waals surface area contributed by atoms with Crippen molar-refractivity contribution in [2.24, 2.45) is 10.9 Å². The minimum absolute atomic E-state index is 0. The minimum atomic E-state index is -0.334. The molecule has 0 radical (unpaired) electrons. The van der Waals surface area contributed by atoms with Crippen molar-refractivity contribution in [3.8, 4) is 0 Å². The quantitative estimate of drug-likeness (QED) is 0.877. The number of halogens is 1. The lowest BCUT2D eigenvalue weighted by atomic mass is 9.94. The fraction of sp³-hybridized carbons (Fsp3) is 0.650. The van der Waals surface area contributed by atoms with Crippen LogP contribution in [0.4, 0.5) is 0 Å². The van der Waals surface area contributed by atoms with E-state index in [4.69, 9.17) is 0 Å². The molecule has 3 atom stereocenters. The van der Waals surface area contributed by atoms with Crippen LogP contribution < -0.4 is 0 Å². The maximum atomic E-state index is 9.50. The molecule has 0 amide bonds. The number of fused-ring (bicyclic) bond motifs is 1. The maximum Gasteiger partial charge on any atom is 0.127 e.